The highest BCUT2D eigenvalue weighted by atomic mass is 31.2. The second-order valence-corrected chi connectivity index (χ2v) is 5.18. The van der Waals surface area contributed by atoms with Crippen molar-refractivity contribution in [2.24, 2.45) is 0 Å². The lowest BCUT2D eigenvalue weighted by atomic mass is 10.2. The quantitative estimate of drug-likeness (QED) is 0.753. The maximum absolute atomic E-state index is 11.0. The first kappa shape index (κ1) is 11.0. The van der Waals surface area contributed by atoms with Crippen LogP contribution in [0.3, 0.4) is 0 Å². The summed E-state index contributed by atoms with van der Waals surface area (Å²) in [5.74, 6) is 0. The van der Waals surface area contributed by atoms with E-state index in [0.29, 0.717) is 6.42 Å². The molecule has 0 aliphatic carbocycles. The molecule has 0 saturated heterocycles. The largest absolute Gasteiger partial charge is 0.474 e. The number of hydrogen-bond donors (Lipinski definition) is 2. The van der Waals surface area contributed by atoms with Gasteiger partial charge in [-0.05, 0) is 12.0 Å². The minimum atomic E-state index is -4.01. The van der Waals surface area contributed by atoms with Crippen molar-refractivity contribution < 1.29 is 19.4 Å². The fraction of sp³-hybridized carbons (Fsp3) is 0.222. The third-order valence-corrected chi connectivity index (χ3v) is 3.27. The summed E-state index contributed by atoms with van der Waals surface area (Å²) in [5, 5.41) is 8.41. The Morgan fingerprint density at radius 2 is 1.86 bits per heavy atom. The average molecular weight is 214 g/mol. The first-order valence-electron chi connectivity index (χ1n) is 4.11. The van der Waals surface area contributed by atoms with Gasteiger partial charge in [0.15, 0.2) is 0 Å². The van der Waals surface area contributed by atoms with E-state index in [1.807, 2.05) is 6.07 Å². The Bertz CT molecular complexity index is 360. The lowest BCUT2D eigenvalue weighted by molar-refractivity contribution is 0.215. The van der Waals surface area contributed by atoms with E-state index < -0.39 is 13.1 Å². The van der Waals surface area contributed by atoms with E-state index in [0.717, 1.165) is 5.56 Å². The van der Waals surface area contributed by atoms with Crippen molar-refractivity contribution in [2.75, 3.05) is 6.16 Å². The number of aryl methyl sites for hydroxylation is 1. The van der Waals surface area contributed by atoms with Crippen LogP contribution in [0.1, 0.15) is 5.56 Å². The zero-order chi connectivity index (χ0) is 10.6. The molecule has 0 heterocycles. The van der Waals surface area contributed by atoms with E-state index in [9.17, 15) is 9.36 Å². The molecule has 76 valence electrons. The van der Waals surface area contributed by atoms with E-state index in [2.05, 4.69) is 0 Å². The molecule has 0 aliphatic heterocycles. The molecule has 0 spiro atoms. The molecule has 0 amide bonds. The number of rotatable bonds is 4. The van der Waals surface area contributed by atoms with Crippen LogP contribution in [0.4, 0.5) is 4.79 Å². The lowest BCUT2D eigenvalue weighted by Crippen LogP contribution is -2.01. The highest BCUT2D eigenvalue weighted by molar-refractivity contribution is 7.74. The minimum Gasteiger partial charge on any atom is -0.474 e. The van der Waals surface area contributed by atoms with Crippen LogP contribution in [0.15, 0.2) is 30.3 Å². The van der Waals surface area contributed by atoms with Crippen LogP contribution in [-0.4, -0.2) is 21.9 Å². The number of carbonyl (C=O) groups is 1. The van der Waals surface area contributed by atoms with Gasteiger partial charge in [-0.15, -0.1) is 0 Å². The second kappa shape index (κ2) is 4.40. The minimum absolute atomic E-state index is 0.216. The van der Waals surface area contributed by atoms with Gasteiger partial charge in [-0.25, -0.2) is 4.79 Å². The zero-order valence-corrected chi connectivity index (χ0v) is 8.35. The molecule has 2 N–H and O–H groups in total. The molecule has 1 aromatic carbocycles. The molecular formula is C9H11O4P. The molecule has 0 aromatic heterocycles. The monoisotopic (exact) mass is 214 g/mol. The van der Waals surface area contributed by atoms with Gasteiger partial charge in [0, 0.05) is 6.16 Å². The average Bonchev–Trinajstić information content (AvgIpc) is 2.16. The maximum atomic E-state index is 11.0. The molecule has 1 rings (SSSR count). The van der Waals surface area contributed by atoms with E-state index in [4.69, 9.17) is 10.00 Å². The van der Waals surface area contributed by atoms with E-state index in [-0.39, 0.29) is 6.16 Å². The van der Waals surface area contributed by atoms with E-state index in [1.54, 1.807) is 24.3 Å². The Hall–Kier alpha value is -1.12. The van der Waals surface area contributed by atoms with Gasteiger partial charge >= 0.3 is 13.1 Å². The van der Waals surface area contributed by atoms with Crippen molar-refractivity contribution >= 4 is 13.1 Å². The molecule has 0 radical (unpaired) electrons. The number of hydrogen-bond acceptors (Lipinski definition) is 2. The van der Waals surface area contributed by atoms with Crippen molar-refractivity contribution in [2.45, 2.75) is 6.42 Å². The highest BCUT2D eigenvalue weighted by Gasteiger charge is 2.27. The SMILES string of the molecule is O=C(O)P(=O)(O)CCc1ccccc1. The summed E-state index contributed by atoms with van der Waals surface area (Å²) in [6.07, 6.45) is 0.0905. The van der Waals surface area contributed by atoms with Crippen LogP contribution >= 0.6 is 7.37 Å². The van der Waals surface area contributed by atoms with Crippen molar-refractivity contribution in [1.29, 1.82) is 0 Å². The summed E-state index contributed by atoms with van der Waals surface area (Å²) < 4.78 is 11.0. The van der Waals surface area contributed by atoms with Crippen LogP contribution in [0.2, 0.25) is 0 Å². The van der Waals surface area contributed by atoms with E-state index in [1.165, 1.54) is 0 Å². The highest BCUT2D eigenvalue weighted by Crippen LogP contribution is 2.41. The van der Waals surface area contributed by atoms with Gasteiger partial charge in [0.1, 0.15) is 0 Å². The fourth-order valence-corrected chi connectivity index (χ4v) is 1.77. The number of carboxylic acid groups (broad SMARTS) is 1. The summed E-state index contributed by atoms with van der Waals surface area (Å²) in [7, 11) is -4.01. The van der Waals surface area contributed by atoms with Gasteiger partial charge in [-0.2, -0.15) is 0 Å². The number of benzene rings is 1. The molecule has 0 aliphatic rings. The second-order valence-electron chi connectivity index (χ2n) is 2.94. The van der Waals surface area contributed by atoms with Crippen LogP contribution in [0, 0.1) is 0 Å². The standard InChI is InChI=1S/C9H11O4P/c10-9(11)14(12,13)7-6-8-4-2-1-3-5-8/h1-5H,6-7H2,(H,10,11)(H,12,13). The maximum Gasteiger partial charge on any atom is 0.388 e. The van der Waals surface area contributed by atoms with Crippen LogP contribution in [0.25, 0.3) is 0 Å². The first-order chi connectivity index (χ1) is 6.52. The van der Waals surface area contributed by atoms with Gasteiger partial charge in [0.25, 0.3) is 0 Å². The lowest BCUT2D eigenvalue weighted by Gasteiger charge is -2.05. The molecule has 1 atom stereocenters. The fourth-order valence-electron chi connectivity index (χ4n) is 1.02. The van der Waals surface area contributed by atoms with Gasteiger partial charge < -0.3 is 10.00 Å². The topological polar surface area (TPSA) is 74.6 Å². The molecule has 14 heavy (non-hydrogen) atoms. The summed E-state index contributed by atoms with van der Waals surface area (Å²) >= 11 is 0. The Balaban J connectivity index is 2.58. The van der Waals surface area contributed by atoms with Crippen molar-refractivity contribution in [3.05, 3.63) is 35.9 Å². The zero-order valence-electron chi connectivity index (χ0n) is 7.46. The van der Waals surface area contributed by atoms with Crippen LogP contribution in [0.5, 0.6) is 0 Å². The Morgan fingerprint density at radius 3 is 2.36 bits per heavy atom. The Morgan fingerprint density at radius 1 is 1.29 bits per heavy atom. The molecule has 0 fully saturated rings. The van der Waals surface area contributed by atoms with Gasteiger partial charge in [0.05, 0.1) is 0 Å². The molecule has 0 saturated carbocycles. The third-order valence-electron chi connectivity index (χ3n) is 1.85. The van der Waals surface area contributed by atoms with Crippen molar-refractivity contribution in [3.63, 3.8) is 0 Å². The summed E-state index contributed by atoms with van der Waals surface area (Å²) in [4.78, 5) is 19.3. The molecule has 4 nitrogen and oxygen atoms in total. The molecule has 5 heteroatoms. The summed E-state index contributed by atoms with van der Waals surface area (Å²) in [6, 6.07) is 9.03. The normalized spacial score (nSPS) is 14.6. The Labute approximate surface area is 81.7 Å². The first-order valence-corrected chi connectivity index (χ1v) is 5.96. The third kappa shape index (κ3) is 2.98. The molecule has 1 aromatic rings. The van der Waals surface area contributed by atoms with Crippen molar-refractivity contribution in [1.82, 2.24) is 0 Å². The summed E-state index contributed by atoms with van der Waals surface area (Å²) in [6.45, 7) is 0. The van der Waals surface area contributed by atoms with Gasteiger partial charge in [-0.1, -0.05) is 30.3 Å². The van der Waals surface area contributed by atoms with Gasteiger partial charge in [-0.3, -0.25) is 4.57 Å². The summed E-state index contributed by atoms with van der Waals surface area (Å²) in [5.41, 5.74) is -0.753. The molecule has 0 bridgehead atoms. The molecule has 1 unspecified atom stereocenters. The van der Waals surface area contributed by atoms with E-state index >= 15 is 0 Å². The predicted octanol–water partition coefficient (Wildman–Crippen LogP) is 2.18. The van der Waals surface area contributed by atoms with Crippen LogP contribution in [-0.2, 0) is 11.0 Å². The van der Waals surface area contributed by atoms with Crippen molar-refractivity contribution in [3.8, 4) is 0 Å². The molecular weight excluding hydrogens is 203 g/mol. The Kier molecular flexibility index (Phi) is 3.44. The predicted molar refractivity (Wildman–Crippen MR) is 52.9 cm³/mol. The smallest absolute Gasteiger partial charge is 0.388 e. The van der Waals surface area contributed by atoms with Crippen LogP contribution < -0.4 is 0 Å². The van der Waals surface area contributed by atoms with Gasteiger partial charge in [0.2, 0.25) is 0 Å².